The van der Waals surface area contributed by atoms with E-state index in [1.807, 2.05) is 13.0 Å². The fourth-order valence-electron chi connectivity index (χ4n) is 1.33. The van der Waals surface area contributed by atoms with E-state index in [9.17, 15) is 4.79 Å². The molecule has 1 aromatic rings. The monoisotopic (exact) mass is 251 g/mol. The van der Waals surface area contributed by atoms with Crippen LogP contribution in [0.1, 0.15) is 18.9 Å². The van der Waals surface area contributed by atoms with Gasteiger partial charge in [0.25, 0.3) is 0 Å². The summed E-state index contributed by atoms with van der Waals surface area (Å²) in [5.74, 6) is -0.00689. The Labute approximate surface area is 106 Å². The van der Waals surface area contributed by atoms with Gasteiger partial charge in [0.15, 0.2) is 0 Å². The van der Waals surface area contributed by atoms with Gasteiger partial charge in [-0.05, 0) is 25.1 Å². The number of anilines is 1. The Morgan fingerprint density at radius 2 is 2.29 bits per heavy atom. The summed E-state index contributed by atoms with van der Waals surface area (Å²) in [7, 11) is 0. The average molecular weight is 252 g/mol. The van der Waals surface area contributed by atoms with E-state index >= 15 is 0 Å². The minimum atomic E-state index is -0.00689. The van der Waals surface area contributed by atoms with Crippen LogP contribution >= 0.6 is 11.6 Å². The SMILES string of the molecule is CCNC(=O)CCNc1cc(C#N)ccc1Cl. The minimum absolute atomic E-state index is 0.00689. The molecule has 0 fully saturated rings. The number of carbonyl (C=O) groups excluding carboxylic acids is 1. The van der Waals surface area contributed by atoms with E-state index in [2.05, 4.69) is 10.6 Å². The van der Waals surface area contributed by atoms with Gasteiger partial charge in [0.05, 0.1) is 22.3 Å². The fraction of sp³-hybridized carbons (Fsp3) is 0.333. The third-order valence-corrected chi connectivity index (χ3v) is 2.47. The molecule has 5 heteroatoms. The van der Waals surface area contributed by atoms with Crippen molar-refractivity contribution >= 4 is 23.2 Å². The first kappa shape index (κ1) is 13.3. The number of hydrogen-bond acceptors (Lipinski definition) is 3. The van der Waals surface area contributed by atoms with Gasteiger partial charge in [0, 0.05) is 19.5 Å². The summed E-state index contributed by atoms with van der Waals surface area (Å²) in [6.07, 6.45) is 0.376. The molecule has 1 amide bonds. The summed E-state index contributed by atoms with van der Waals surface area (Å²) >= 11 is 5.96. The van der Waals surface area contributed by atoms with Crippen molar-refractivity contribution in [1.82, 2.24) is 5.32 Å². The van der Waals surface area contributed by atoms with Crippen molar-refractivity contribution in [2.45, 2.75) is 13.3 Å². The molecule has 0 aliphatic rings. The highest BCUT2D eigenvalue weighted by molar-refractivity contribution is 6.33. The van der Waals surface area contributed by atoms with Crippen molar-refractivity contribution in [2.75, 3.05) is 18.4 Å². The summed E-state index contributed by atoms with van der Waals surface area (Å²) in [4.78, 5) is 11.2. The zero-order valence-electron chi connectivity index (χ0n) is 9.59. The number of carbonyl (C=O) groups is 1. The number of hydrogen-bond donors (Lipinski definition) is 2. The Balaban J connectivity index is 2.52. The third-order valence-electron chi connectivity index (χ3n) is 2.14. The predicted molar refractivity (Wildman–Crippen MR) is 68.0 cm³/mol. The Hall–Kier alpha value is -1.73. The number of nitrogens with one attached hydrogen (secondary N) is 2. The van der Waals surface area contributed by atoms with Crippen molar-refractivity contribution in [3.63, 3.8) is 0 Å². The van der Waals surface area contributed by atoms with Gasteiger partial charge < -0.3 is 10.6 Å². The molecule has 0 aliphatic heterocycles. The summed E-state index contributed by atoms with van der Waals surface area (Å²) < 4.78 is 0. The van der Waals surface area contributed by atoms with Crippen LogP contribution in [0.25, 0.3) is 0 Å². The summed E-state index contributed by atoms with van der Waals surface area (Å²) in [5, 5.41) is 15.0. The molecule has 0 aromatic heterocycles. The van der Waals surface area contributed by atoms with Crippen LogP contribution in [0, 0.1) is 11.3 Å². The quantitative estimate of drug-likeness (QED) is 0.843. The minimum Gasteiger partial charge on any atom is -0.383 e. The molecule has 1 rings (SSSR count). The van der Waals surface area contributed by atoms with Crippen LogP contribution in [0.2, 0.25) is 5.02 Å². The standard InChI is InChI=1S/C12H14ClN3O/c1-2-15-12(17)5-6-16-11-7-9(8-14)3-4-10(11)13/h3-4,7,16H,2,5-6H2,1H3,(H,15,17). The van der Waals surface area contributed by atoms with E-state index in [-0.39, 0.29) is 5.91 Å². The maximum atomic E-state index is 11.2. The second kappa shape index (κ2) is 6.77. The highest BCUT2D eigenvalue weighted by Gasteiger charge is 2.03. The molecule has 0 aliphatic carbocycles. The van der Waals surface area contributed by atoms with E-state index in [0.29, 0.717) is 35.8 Å². The van der Waals surface area contributed by atoms with Gasteiger partial charge in [-0.1, -0.05) is 11.6 Å². The maximum Gasteiger partial charge on any atom is 0.221 e. The lowest BCUT2D eigenvalue weighted by molar-refractivity contribution is -0.120. The van der Waals surface area contributed by atoms with Crippen LogP contribution < -0.4 is 10.6 Å². The highest BCUT2D eigenvalue weighted by atomic mass is 35.5. The lowest BCUT2D eigenvalue weighted by Gasteiger charge is -2.08. The molecule has 0 bridgehead atoms. The van der Waals surface area contributed by atoms with Gasteiger partial charge in [-0.2, -0.15) is 5.26 Å². The van der Waals surface area contributed by atoms with E-state index in [4.69, 9.17) is 16.9 Å². The molecule has 0 saturated carbocycles. The van der Waals surface area contributed by atoms with E-state index in [0.717, 1.165) is 0 Å². The summed E-state index contributed by atoms with van der Waals surface area (Å²) in [6.45, 7) is 2.99. The van der Waals surface area contributed by atoms with Crippen LogP contribution in [0.15, 0.2) is 18.2 Å². The first-order valence-corrected chi connectivity index (χ1v) is 5.75. The van der Waals surface area contributed by atoms with E-state index in [1.54, 1.807) is 18.2 Å². The second-order valence-corrected chi connectivity index (χ2v) is 3.84. The number of nitrogens with zero attached hydrogens (tertiary/aromatic N) is 1. The third kappa shape index (κ3) is 4.33. The molecule has 4 nitrogen and oxygen atoms in total. The molecule has 1 aromatic carbocycles. The Morgan fingerprint density at radius 3 is 2.94 bits per heavy atom. The average Bonchev–Trinajstić information content (AvgIpc) is 2.32. The molecule has 90 valence electrons. The van der Waals surface area contributed by atoms with Crippen LogP contribution in [-0.4, -0.2) is 19.0 Å². The number of benzene rings is 1. The molecule has 0 saturated heterocycles. The molecule has 0 atom stereocenters. The van der Waals surface area contributed by atoms with Gasteiger partial charge in [0.1, 0.15) is 0 Å². The molecular formula is C12H14ClN3O. The topological polar surface area (TPSA) is 64.9 Å². The molecular weight excluding hydrogens is 238 g/mol. The number of nitriles is 1. The maximum absolute atomic E-state index is 11.2. The smallest absolute Gasteiger partial charge is 0.221 e. The fourth-order valence-corrected chi connectivity index (χ4v) is 1.51. The van der Waals surface area contributed by atoms with Gasteiger partial charge >= 0.3 is 0 Å². The van der Waals surface area contributed by atoms with Crippen LogP contribution in [0.5, 0.6) is 0 Å². The second-order valence-electron chi connectivity index (χ2n) is 3.44. The normalized spacial score (nSPS) is 9.47. The first-order valence-electron chi connectivity index (χ1n) is 5.37. The Kier molecular flexibility index (Phi) is 5.31. The zero-order chi connectivity index (χ0) is 12.7. The number of rotatable bonds is 5. The van der Waals surface area contributed by atoms with Gasteiger partial charge in [0.2, 0.25) is 5.91 Å². The molecule has 0 spiro atoms. The van der Waals surface area contributed by atoms with Crippen molar-refractivity contribution in [1.29, 1.82) is 5.26 Å². The molecule has 2 N–H and O–H groups in total. The molecule has 17 heavy (non-hydrogen) atoms. The predicted octanol–water partition coefficient (Wildman–Crippen LogP) is 2.15. The van der Waals surface area contributed by atoms with Gasteiger partial charge in [-0.15, -0.1) is 0 Å². The number of halogens is 1. The van der Waals surface area contributed by atoms with Crippen LogP contribution in [-0.2, 0) is 4.79 Å². The summed E-state index contributed by atoms with van der Waals surface area (Å²) in [5.41, 5.74) is 1.21. The van der Waals surface area contributed by atoms with Crippen molar-refractivity contribution < 1.29 is 4.79 Å². The van der Waals surface area contributed by atoms with Crippen LogP contribution in [0.3, 0.4) is 0 Å². The Morgan fingerprint density at radius 1 is 1.53 bits per heavy atom. The van der Waals surface area contributed by atoms with Crippen molar-refractivity contribution in [3.8, 4) is 6.07 Å². The molecule has 0 unspecified atom stereocenters. The summed E-state index contributed by atoms with van der Waals surface area (Å²) in [6, 6.07) is 7.01. The van der Waals surface area contributed by atoms with Gasteiger partial charge in [-0.25, -0.2) is 0 Å². The first-order chi connectivity index (χ1) is 8.17. The zero-order valence-corrected chi connectivity index (χ0v) is 10.3. The molecule has 0 radical (unpaired) electrons. The molecule has 0 heterocycles. The lowest BCUT2D eigenvalue weighted by Crippen LogP contribution is -2.24. The lowest BCUT2D eigenvalue weighted by atomic mass is 10.2. The Bertz CT molecular complexity index is 440. The van der Waals surface area contributed by atoms with E-state index < -0.39 is 0 Å². The van der Waals surface area contributed by atoms with Crippen molar-refractivity contribution in [3.05, 3.63) is 28.8 Å². The highest BCUT2D eigenvalue weighted by Crippen LogP contribution is 2.22. The number of amides is 1. The van der Waals surface area contributed by atoms with Gasteiger partial charge in [-0.3, -0.25) is 4.79 Å². The van der Waals surface area contributed by atoms with Crippen LogP contribution in [0.4, 0.5) is 5.69 Å². The van der Waals surface area contributed by atoms with E-state index in [1.165, 1.54) is 0 Å². The largest absolute Gasteiger partial charge is 0.383 e. The van der Waals surface area contributed by atoms with Crippen molar-refractivity contribution in [2.24, 2.45) is 0 Å².